The summed E-state index contributed by atoms with van der Waals surface area (Å²) in [6, 6.07) is 17.6. The van der Waals surface area contributed by atoms with Crippen molar-refractivity contribution in [3.05, 3.63) is 86.3 Å². The van der Waals surface area contributed by atoms with Gasteiger partial charge in [0.2, 0.25) is 4.80 Å². The van der Waals surface area contributed by atoms with Gasteiger partial charge in [0.25, 0.3) is 0 Å². The van der Waals surface area contributed by atoms with E-state index < -0.39 is 0 Å². The minimum atomic E-state index is -0.339. The topological polar surface area (TPSA) is 59.9 Å². The number of hydrogen-bond donors (Lipinski definition) is 0. The maximum atomic E-state index is 12.7. The van der Waals surface area contributed by atoms with Crippen LogP contribution in [0.2, 0.25) is 0 Å². The Hall–Kier alpha value is -3.25. The number of hydrogen-bond acceptors (Lipinski definition) is 5. The van der Waals surface area contributed by atoms with E-state index in [9.17, 15) is 4.79 Å². The van der Waals surface area contributed by atoms with Crippen LogP contribution in [0, 0.1) is 6.92 Å². The van der Waals surface area contributed by atoms with E-state index in [1.807, 2.05) is 66.9 Å². The molecule has 0 aliphatic heterocycles. The maximum Gasteiger partial charge on any atom is 0.345 e. The molecular weight excluding hydrogens is 394 g/mol. The van der Waals surface area contributed by atoms with Gasteiger partial charge in [0.1, 0.15) is 5.58 Å². The second kappa shape index (κ2) is 9.05. The fourth-order valence-electron chi connectivity index (χ4n) is 3.26. The van der Waals surface area contributed by atoms with Crippen LogP contribution in [-0.2, 0) is 6.54 Å². The summed E-state index contributed by atoms with van der Waals surface area (Å²) in [4.78, 5) is 13.5. The van der Waals surface area contributed by atoms with Crippen molar-refractivity contribution in [3.63, 3.8) is 0 Å². The molecule has 4 rings (SSSR count). The molecule has 4 aromatic rings. The fourth-order valence-corrected chi connectivity index (χ4v) is 4.15. The lowest BCUT2D eigenvalue weighted by Crippen LogP contribution is -2.17. The van der Waals surface area contributed by atoms with Crippen LogP contribution in [0.3, 0.4) is 0 Å². The summed E-state index contributed by atoms with van der Waals surface area (Å²) in [5.41, 5.74) is 3.74. The van der Waals surface area contributed by atoms with Gasteiger partial charge >= 0.3 is 5.63 Å². The first-order chi connectivity index (χ1) is 14.7. The van der Waals surface area contributed by atoms with Crippen LogP contribution < -0.4 is 10.4 Å². The van der Waals surface area contributed by atoms with Crippen molar-refractivity contribution < 1.29 is 4.42 Å². The van der Waals surface area contributed by atoms with E-state index >= 15 is 0 Å². The van der Waals surface area contributed by atoms with Gasteiger partial charge in [-0.05, 0) is 37.1 Å². The second-order valence-corrected chi connectivity index (χ2v) is 7.99. The Balaban J connectivity index is 1.80. The van der Waals surface area contributed by atoms with Crippen LogP contribution in [0.15, 0.2) is 79.4 Å². The smallest absolute Gasteiger partial charge is 0.345 e. The van der Waals surface area contributed by atoms with E-state index in [0.29, 0.717) is 11.1 Å². The summed E-state index contributed by atoms with van der Waals surface area (Å²) in [6.45, 7) is 4.93. The van der Waals surface area contributed by atoms with Crippen molar-refractivity contribution in [3.8, 4) is 11.3 Å². The number of benzene rings is 2. The zero-order valence-corrected chi connectivity index (χ0v) is 17.9. The van der Waals surface area contributed by atoms with Crippen molar-refractivity contribution in [2.75, 3.05) is 0 Å². The number of fused-ring (bicyclic) bond motifs is 1. The number of aromatic nitrogens is 1. The summed E-state index contributed by atoms with van der Waals surface area (Å²) in [6.07, 6.45) is 3.76. The molecule has 0 N–H and O–H groups in total. The summed E-state index contributed by atoms with van der Waals surface area (Å²) in [5.74, 6) is 0. The molecule has 0 saturated carbocycles. The fraction of sp³-hybridized carbons (Fsp3) is 0.208. The SMILES string of the molecule is CCCCn1c(-c2cc3cc(C)ccc3oc2=O)cs/c1=N\N=Cc1ccccc1. The Morgan fingerprint density at radius 1 is 1.13 bits per heavy atom. The molecule has 0 amide bonds. The maximum absolute atomic E-state index is 12.7. The van der Waals surface area contributed by atoms with E-state index in [1.54, 1.807) is 6.21 Å². The predicted molar refractivity (Wildman–Crippen MR) is 123 cm³/mol. The van der Waals surface area contributed by atoms with Crippen LogP contribution in [0.25, 0.3) is 22.2 Å². The van der Waals surface area contributed by atoms with E-state index in [4.69, 9.17) is 4.42 Å². The van der Waals surface area contributed by atoms with Crippen LogP contribution in [0.1, 0.15) is 30.9 Å². The van der Waals surface area contributed by atoms with Gasteiger partial charge < -0.3 is 8.98 Å². The summed E-state index contributed by atoms with van der Waals surface area (Å²) in [7, 11) is 0. The molecule has 0 aliphatic carbocycles. The Bertz CT molecular complexity index is 1310. The Morgan fingerprint density at radius 2 is 1.97 bits per heavy atom. The summed E-state index contributed by atoms with van der Waals surface area (Å²) in [5, 5.41) is 11.6. The lowest BCUT2D eigenvalue weighted by Gasteiger charge is -2.08. The molecule has 0 aliphatic rings. The summed E-state index contributed by atoms with van der Waals surface area (Å²) < 4.78 is 7.65. The molecule has 30 heavy (non-hydrogen) atoms. The van der Waals surface area contributed by atoms with Gasteiger partial charge in [0, 0.05) is 17.3 Å². The first-order valence-corrected chi connectivity index (χ1v) is 10.9. The number of unbranched alkanes of at least 4 members (excludes halogenated alkanes) is 1. The molecule has 2 aromatic carbocycles. The molecular formula is C24H23N3O2S. The first kappa shape index (κ1) is 20.0. The molecule has 152 valence electrons. The number of aryl methyl sites for hydroxylation is 1. The van der Waals surface area contributed by atoms with Gasteiger partial charge in [-0.3, -0.25) is 0 Å². The van der Waals surface area contributed by atoms with Crippen molar-refractivity contribution in [1.29, 1.82) is 0 Å². The first-order valence-electron chi connectivity index (χ1n) is 10.0. The van der Waals surface area contributed by atoms with Crippen LogP contribution in [0.4, 0.5) is 0 Å². The largest absolute Gasteiger partial charge is 0.422 e. The average molecular weight is 418 g/mol. The van der Waals surface area contributed by atoms with Crippen LogP contribution in [-0.4, -0.2) is 10.8 Å². The molecule has 0 saturated heterocycles. The van der Waals surface area contributed by atoms with Crippen molar-refractivity contribution in [2.24, 2.45) is 10.2 Å². The number of rotatable bonds is 6. The Labute approximate surface area is 178 Å². The lowest BCUT2D eigenvalue weighted by atomic mass is 10.1. The molecule has 0 unspecified atom stereocenters. The molecule has 0 spiro atoms. The third kappa shape index (κ3) is 4.33. The van der Waals surface area contributed by atoms with E-state index in [2.05, 4.69) is 21.7 Å². The van der Waals surface area contributed by atoms with Gasteiger partial charge in [0.05, 0.1) is 17.5 Å². The van der Waals surface area contributed by atoms with E-state index in [-0.39, 0.29) is 5.63 Å². The molecule has 0 fully saturated rings. The standard InChI is InChI=1S/C24H23N3O2S/c1-3-4-12-27-21(16-30-24(27)26-25-15-18-8-6-5-7-9-18)20-14-19-13-17(2)10-11-22(19)29-23(20)28/h5-11,13-16H,3-4,12H2,1-2H3/b25-15?,26-24-. The van der Waals surface area contributed by atoms with E-state index in [1.165, 1.54) is 11.3 Å². The van der Waals surface area contributed by atoms with Gasteiger partial charge in [0.15, 0.2) is 0 Å². The monoisotopic (exact) mass is 417 g/mol. The third-order valence-electron chi connectivity index (χ3n) is 4.85. The average Bonchev–Trinajstić information content (AvgIpc) is 3.15. The number of nitrogens with zero attached hydrogens (tertiary/aromatic N) is 3. The lowest BCUT2D eigenvalue weighted by molar-refractivity contribution is 0.560. The highest BCUT2D eigenvalue weighted by Gasteiger charge is 2.14. The normalized spacial score (nSPS) is 12.3. The van der Waals surface area contributed by atoms with Crippen molar-refractivity contribution in [2.45, 2.75) is 33.2 Å². The van der Waals surface area contributed by atoms with Crippen molar-refractivity contribution >= 4 is 28.5 Å². The minimum Gasteiger partial charge on any atom is -0.422 e. The minimum absolute atomic E-state index is 0.339. The zero-order valence-electron chi connectivity index (χ0n) is 17.0. The molecule has 2 heterocycles. The quantitative estimate of drug-likeness (QED) is 0.241. The predicted octanol–water partition coefficient (Wildman–Crippen LogP) is 5.37. The van der Waals surface area contributed by atoms with Gasteiger partial charge in [-0.2, -0.15) is 5.10 Å². The highest BCUT2D eigenvalue weighted by atomic mass is 32.1. The van der Waals surface area contributed by atoms with Crippen LogP contribution >= 0.6 is 11.3 Å². The molecule has 0 bridgehead atoms. The summed E-state index contributed by atoms with van der Waals surface area (Å²) >= 11 is 1.48. The molecule has 5 nitrogen and oxygen atoms in total. The van der Waals surface area contributed by atoms with E-state index in [0.717, 1.165) is 46.4 Å². The highest BCUT2D eigenvalue weighted by Crippen LogP contribution is 2.23. The van der Waals surface area contributed by atoms with Gasteiger partial charge in [-0.25, -0.2) is 4.79 Å². The van der Waals surface area contributed by atoms with Gasteiger partial charge in [-0.15, -0.1) is 16.4 Å². The molecule has 0 radical (unpaired) electrons. The molecule has 6 heteroatoms. The molecule has 0 atom stereocenters. The Kier molecular flexibility index (Phi) is 6.05. The number of thiazole rings is 1. The highest BCUT2D eigenvalue weighted by molar-refractivity contribution is 7.07. The van der Waals surface area contributed by atoms with Gasteiger partial charge in [-0.1, -0.05) is 55.3 Å². The Morgan fingerprint density at radius 3 is 2.77 bits per heavy atom. The van der Waals surface area contributed by atoms with Crippen LogP contribution in [0.5, 0.6) is 0 Å². The third-order valence-corrected chi connectivity index (χ3v) is 5.70. The van der Waals surface area contributed by atoms with Crippen molar-refractivity contribution in [1.82, 2.24) is 4.57 Å². The molecule has 2 aromatic heterocycles. The second-order valence-electron chi connectivity index (χ2n) is 7.15. The zero-order chi connectivity index (χ0) is 20.9.